The van der Waals surface area contributed by atoms with E-state index in [1.165, 1.54) is 69.1 Å². The predicted molar refractivity (Wildman–Crippen MR) is 236 cm³/mol. The number of hydrazine groups is 2. The maximum atomic E-state index is 13.0. The van der Waals surface area contributed by atoms with Crippen molar-refractivity contribution in [1.29, 1.82) is 0 Å². The van der Waals surface area contributed by atoms with Crippen molar-refractivity contribution in [2.75, 3.05) is 73.3 Å². The highest BCUT2D eigenvalue weighted by molar-refractivity contribution is 7.86. The molecule has 0 spiro atoms. The minimum absolute atomic E-state index is 0.0516. The fourth-order valence-electron chi connectivity index (χ4n) is 6.31. The molecule has 24 heteroatoms. The zero-order chi connectivity index (χ0) is 45.7. The van der Waals surface area contributed by atoms with Gasteiger partial charge in [-0.25, -0.2) is 30.0 Å². The zero-order valence-electron chi connectivity index (χ0n) is 33.8. The number of para-hydroxylation sites is 2. The van der Waals surface area contributed by atoms with Gasteiger partial charge in [-0.2, -0.15) is 36.8 Å². The Balaban J connectivity index is 1.41. The van der Waals surface area contributed by atoms with Crippen LogP contribution < -0.4 is 20.7 Å². The van der Waals surface area contributed by atoms with Crippen LogP contribution in [0.5, 0.6) is 0 Å². The molecule has 22 nitrogen and oxygen atoms in total. The van der Waals surface area contributed by atoms with Gasteiger partial charge in [0.25, 0.3) is 20.2 Å². The van der Waals surface area contributed by atoms with Gasteiger partial charge in [-0.1, -0.05) is 60.7 Å². The molecular weight excluding hydrogens is 873 g/mol. The molecule has 4 aromatic carbocycles. The molecule has 0 aliphatic carbocycles. The third-order valence-electron chi connectivity index (χ3n) is 9.04. The van der Waals surface area contributed by atoms with Gasteiger partial charge in [0.2, 0.25) is 23.8 Å². The van der Waals surface area contributed by atoms with E-state index in [1.54, 1.807) is 48.5 Å². The lowest BCUT2D eigenvalue weighted by atomic mass is 10.1. The summed E-state index contributed by atoms with van der Waals surface area (Å²) in [6, 6.07) is 25.7. The third-order valence-corrected chi connectivity index (χ3v) is 10.9. The van der Waals surface area contributed by atoms with E-state index in [-0.39, 0.29) is 72.5 Å². The van der Waals surface area contributed by atoms with Crippen LogP contribution in [-0.4, -0.2) is 139 Å². The molecular formula is C40H44N12O10S2. The van der Waals surface area contributed by atoms with E-state index in [2.05, 4.69) is 40.5 Å². The normalized spacial score (nSPS) is 11.9. The van der Waals surface area contributed by atoms with Crippen LogP contribution in [0.1, 0.15) is 11.1 Å². The second-order valence-electron chi connectivity index (χ2n) is 13.4. The number of aliphatic hydroxyl groups is 4. The summed E-state index contributed by atoms with van der Waals surface area (Å²) in [5.41, 5.74) is 1.22. The van der Waals surface area contributed by atoms with Crippen LogP contribution >= 0.6 is 0 Å². The van der Waals surface area contributed by atoms with E-state index in [0.717, 1.165) is 12.1 Å². The number of anilines is 8. The minimum Gasteiger partial charge on any atom is -0.395 e. The van der Waals surface area contributed by atoms with Crippen LogP contribution in [0.15, 0.2) is 120 Å². The summed E-state index contributed by atoms with van der Waals surface area (Å²) in [4.78, 5) is 24.5. The van der Waals surface area contributed by atoms with Gasteiger partial charge < -0.3 is 31.1 Å². The van der Waals surface area contributed by atoms with Crippen LogP contribution in [-0.2, 0) is 20.2 Å². The molecule has 2 heterocycles. The number of nitrogens with one attached hydrogen (secondary N) is 2. The van der Waals surface area contributed by atoms with Crippen molar-refractivity contribution in [2.24, 2.45) is 0 Å². The first-order valence-electron chi connectivity index (χ1n) is 19.3. The van der Waals surface area contributed by atoms with Gasteiger partial charge in [0.15, 0.2) is 0 Å². The van der Waals surface area contributed by atoms with Crippen molar-refractivity contribution >= 4 is 78.9 Å². The highest BCUT2D eigenvalue weighted by Crippen LogP contribution is 2.33. The Bertz CT molecular complexity index is 2540. The van der Waals surface area contributed by atoms with E-state index in [0.29, 0.717) is 11.4 Å². The monoisotopic (exact) mass is 916 g/mol. The molecule has 0 amide bonds. The Labute approximate surface area is 368 Å². The Kier molecular flexibility index (Phi) is 15.9. The van der Waals surface area contributed by atoms with Gasteiger partial charge in [-0.05, 0) is 59.7 Å². The molecule has 336 valence electrons. The molecule has 0 aliphatic rings. The number of hydrogen-bond donors (Lipinski definition) is 8. The Morgan fingerprint density at radius 3 is 1.19 bits per heavy atom. The van der Waals surface area contributed by atoms with Crippen LogP contribution in [0.3, 0.4) is 0 Å². The zero-order valence-corrected chi connectivity index (χ0v) is 35.4. The van der Waals surface area contributed by atoms with Gasteiger partial charge in [-0.3, -0.25) is 9.11 Å². The summed E-state index contributed by atoms with van der Waals surface area (Å²) in [5, 5.41) is 51.3. The molecule has 8 N–H and O–H groups in total. The summed E-state index contributed by atoms with van der Waals surface area (Å²) >= 11 is 0. The second kappa shape index (κ2) is 21.7. The van der Waals surface area contributed by atoms with E-state index in [4.69, 9.17) is 0 Å². The molecule has 6 aromatic rings. The molecule has 0 fully saturated rings. The quantitative estimate of drug-likeness (QED) is 0.0276. The molecule has 0 bridgehead atoms. The molecule has 0 saturated heterocycles. The maximum Gasteiger partial charge on any atom is 0.295 e. The summed E-state index contributed by atoms with van der Waals surface area (Å²) in [6.07, 6.45) is 4.83. The van der Waals surface area contributed by atoms with Gasteiger partial charge in [0, 0.05) is 37.6 Å². The maximum absolute atomic E-state index is 13.0. The molecule has 0 radical (unpaired) electrons. The minimum atomic E-state index is -5.01. The van der Waals surface area contributed by atoms with Crippen molar-refractivity contribution in [3.8, 4) is 0 Å². The predicted octanol–water partition coefficient (Wildman–Crippen LogP) is 2.89. The number of hydrogen-bond acceptors (Lipinski definition) is 20. The van der Waals surface area contributed by atoms with Crippen LogP contribution in [0, 0.1) is 0 Å². The summed E-state index contributed by atoms with van der Waals surface area (Å²) in [5.74, 6) is 0.119. The van der Waals surface area contributed by atoms with Crippen molar-refractivity contribution in [1.82, 2.24) is 39.9 Å². The van der Waals surface area contributed by atoms with E-state index in [1.807, 2.05) is 12.1 Å². The van der Waals surface area contributed by atoms with Crippen molar-refractivity contribution in [3.05, 3.63) is 121 Å². The summed E-state index contributed by atoms with van der Waals surface area (Å²) in [6.45, 7) is -1.84. The first kappa shape index (κ1) is 46.9. The average Bonchev–Trinajstić information content (AvgIpc) is 3.27. The van der Waals surface area contributed by atoms with E-state index < -0.39 is 56.5 Å². The third kappa shape index (κ3) is 12.1. The van der Waals surface area contributed by atoms with Gasteiger partial charge in [0.05, 0.1) is 37.8 Å². The Hall–Kier alpha value is -6.58. The number of aromatic nitrogens is 6. The fourth-order valence-corrected chi connectivity index (χ4v) is 7.72. The molecule has 0 unspecified atom stereocenters. The lowest BCUT2D eigenvalue weighted by Gasteiger charge is -2.34. The molecule has 6 rings (SSSR count). The molecule has 2 aromatic heterocycles. The highest BCUT2D eigenvalue weighted by atomic mass is 32.2. The average molecular weight is 917 g/mol. The first-order chi connectivity index (χ1) is 30.8. The number of benzene rings is 4. The number of rotatable bonds is 22. The molecule has 0 saturated carbocycles. The lowest BCUT2D eigenvalue weighted by molar-refractivity contribution is 0.160. The van der Waals surface area contributed by atoms with Crippen LogP contribution in [0.25, 0.3) is 12.2 Å². The lowest BCUT2D eigenvalue weighted by Crippen LogP contribution is -2.44. The highest BCUT2D eigenvalue weighted by Gasteiger charge is 2.27. The summed E-state index contributed by atoms with van der Waals surface area (Å²) in [7, 11) is -10.0. The van der Waals surface area contributed by atoms with Crippen LogP contribution in [0.4, 0.5) is 46.5 Å². The van der Waals surface area contributed by atoms with Crippen molar-refractivity contribution in [3.63, 3.8) is 0 Å². The molecule has 0 aliphatic heterocycles. The van der Waals surface area contributed by atoms with Gasteiger partial charge in [0.1, 0.15) is 22.4 Å². The standard InChI is InChI=1S/C40H44N12O10S2/c53-21-17-49(18-22-54)51(39-43-27-41-37(47-39)45-31-7-3-1-4-8-31)33-15-13-29(35(25-33)63(57,58)59)11-12-30-14-16-34(26-36(30)64(60,61)62)52(50(19-23-55)20-24-56)40-44-28-42-38(48-40)46-32-9-5-2-6-10-32/h1-16,25-28,53-56H,17-24H2,(H,57,58,59)(H,60,61,62)(H,41,43,45,47)(H,42,44,46,48). The smallest absolute Gasteiger partial charge is 0.295 e. The number of nitrogens with zero attached hydrogens (tertiary/aromatic N) is 10. The second-order valence-corrected chi connectivity index (χ2v) is 16.1. The van der Waals surface area contributed by atoms with E-state index >= 15 is 0 Å². The van der Waals surface area contributed by atoms with Crippen molar-refractivity contribution in [2.45, 2.75) is 9.79 Å². The van der Waals surface area contributed by atoms with Gasteiger partial charge in [-0.15, -0.1) is 0 Å². The van der Waals surface area contributed by atoms with Crippen LogP contribution in [0.2, 0.25) is 0 Å². The largest absolute Gasteiger partial charge is 0.395 e. The van der Waals surface area contributed by atoms with E-state index in [9.17, 15) is 46.4 Å². The van der Waals surface area contributed by atoms with Gasteiger partial charge >= 0.3 is 0 Å². The molecule has 64 heavy (non-hydrogen) atoms. The number of aliphatic hydroxyl groups excluding tert-OH is 4. The molecule has 0 atom stereocenters. The SMILES string of the molecule is O=S(=O)(O)c1cc(N(c2ncnc(Nc3ccccc3)n2)N(CCO)CCO)ccc1C=Cc1ccc(N(c2ncnc(Nc3ccccc3)n2)N(CCO)CCO)cc1S(=O)(=O)O. The first-order valence-corrected chi connectivity index (χ1v) is 22.2. The Morgan fingerprint density at radius 1 is 0.500 bits per heavy atom. The summed E-state index contributed by atoms with van der Waals surface area (Å²) < 4.78 is 73.0. The topological polar surface area (TPSA) is 304 Å². The fraction of sp³-hybridized carbons (Fsp3) is 0.200. The van der Waals surface area contributed by atoms with Crippen molar-refractivity contribution < 1.29 is 46.4 Å². The Morgan fingerprint density at radius 2 is 0.859 bits per heavy atom.